The molecule has 0 spiro atoms. The van der Waals surface area contributed by atoms with Crippen LogP contribution in [-0.2, 0) is 27.1 Å². The molecule has 62 heavy (non-hydrogen) atoms. The number of rotatable bonds is 4. The van der Waals surface area contributed by atoms with Gasteiger partial charge < -0.3 is 9.55 Å². The lowest BCUT2D eigenvalue weighted by molar-refractivity contribution is 0.590. The molecule has 6 aromatic carbocycles. The predicted octanol–water partition coefficient (Wildman–Crippen LogP) is 16.8. The molecule has 0 fully saturated rings. The molecule has 0 saturated carbocycles. The van der Waals surface area contributed by atoms with Crippen LogP contribution in [0.5, 0.6) is 0 Å². The van der Waals surface area contributed by atoms with E-state index < -0.39 is 8.07 Å². The summed E-state index contributed by atoms with van der Waals surface area (Å²) in [6.45, 7) is 42.6. The molecule has 2 heterocycles. The van der Waals surface area contributed by atoms with Crippen LogP contribution in [0.15, 0.2) is 103 Å². The van der Waals surface area contributed by atoms with Crippen molar-refractivity contribution < 1.29 is 0 Å². The van der Waals surface area contributed by atoms with Crippen molar-refractivity contribution in [2.45, 2.75) is 151 Å². The van der Waals surface area contributed by atoms with Gasteiger partial charge in [0.25, 0.3) is 0 Å². The Morgan fingerprint density at radius 1 is 0.387 bits per heavy atom. The second-order valence-electron chi connectivity index (χ2n) is 24.6. The summed E-state index contributed by atoms with van der Waals surface area (Å²) in [4.78, 5) is 4.03. The third-order valence-corrected chi connectivity index (χ3v) is 15.4. The number of fused-ring (bicyclic) bond motifs is 6. The maximum absolute atomic E-state index is 4.03. The molecule has 0 unspecified atom stereocenters. The Labute approximate surface area is 374 Å². The number of benzene rings is 6. The summed E-state index contributed by atoms with van der Waals surface area (Å²) >= 11 is 0. The Morgan fingerprint density at radius 2 is 0.823 bits per heavy atom. The molecule has 8 aromatic rings. The minimum atomic E-state index is -2.13. The average molecular weight is 837 g/mol. The van der Waals surface area contributed by atoms with Gasteiger partial charge in [-0.25, -0.2) is 0 Å². The highest BCUT2D eigenvalue weighted by Gasteiger charge is 2.31. The molecule has 2 nitrogen and oxygen atoms in total. The van der Waals surface area contributed by atoms with Crippen LogP contribution >= 0.6 is 0 Å². The molecule has 322 valence electrons. The van der Waals surface area contributed by atoms with Gasteiger partial charge in [0.05, 0.1) is 24.6 Å². The van der Waals surface area contributed by atoms with E-state index in [0.717, 1.165) is 0 Å². The van der Waals surface area contributed by atoms with Crippen molar-refractivity contribution in [2.75, 3.05) is 0 Å². The van der Waals surface area contributed by atoms with E-state index in [1.54, 1.807) is 0 Å². The quantitative estimate of drug-likeness (QED) is 0.171. The van der Waals surface area contributed by atoms with E-state index in [0.29, 0.717) is 0 Å². The normalized spacial score (nSPS) is 13.6. The van der Waals surface area contributed by atoms with Crippen molar-refractivity contribution in [1.82, 2.24) is 9.55 Å². The third-order valence-electron chi connectivity index (χ3n) is 13.4. The first-order valence-electron chi connectivity index (χ1n) is 23.0. The lowest BCUT2D eigenvalue weighted by atomic mass is 9.83. The number of nitrogens with one attached hydrogen (secondary N) is 1. The highest BCUT2D eigenvalue weighted by Crippen LogP contribution is 2.44. The summed E-state index contributed by atoms with van der Waals surface area (Å²) in [7, 11) is -2.13. The second-order valence-corrected chi connectivity index (χ2v) is 29.6. The fraction of sp³-hybridized carbons (Fsp3) is 0.390. The van der Waals surface area contributed by atoms with Crippen molar-refractivity contribution in [3.63, 3.8) is 0 Å². The van der Waals surface area contributed by atoms with E-state index in [4.69, 9.17) is 0 Å². The SMILES string of the molecule is CC(C)(C)c1ccc(-c2cc(-c3cc(C(C)(C)C)cc4c3[nH]c3ccc(C(C)(C)C)cc34)c([Si](C)(C)C)c(-n3c4ccc(C(C)(C)C)cc4c4cc(C(C)(C)C)ccc43)c2)cc1. The molecule has 1 N–H and O–H groups in total. The fourth-order valence-corrected chi connectivity index (χ4v) is 11.4. The fourth-order valence-electron chi connectivity index (χ4n) is 9.46. The Morgan fingerprint density at radius 3 is 1.29 bits per heavy atom. The molecule has 2 aromatic heterocycles. The molecule has 0 bridgehead atoms. The molecule has 3 heteroatoms. The van der Waals surface area contributed by atoms with Crippen molar-refractivity contribution in [2.24, 2.45) is 0 Å². The van der Waals surface area contributed by atoms with Crippen molar-refractivity contribution in [1.29, 1.82) is 0 Å². The highest BCUT2D eigenvalue weighted by atomic mass is 28.3. The van der Waals surface area contributed by atoms with Gasteiger partial charge in [-0.3, -0.25) is 0 Å². The first kappa shape index (κ1) is 43.8. The van der Waals surface area contributed by atoms with E-state index in [-0.39, 0.29) is 27.1 Å². The lowest BCUT2D eigenvalue weighted by Gasteiger charge is -2.29. The summed E-state index contributed by atoms with van der Waals surface area (Å²) in [5.41, 5.74) is 18.2. The topological polar surface area (TPSA) is 20.7 Å². The van der Waals surface area contributed by atoms with Crippen molar-refractivity contribution in [3.8, 4) is 27.9 Å². The van der Waals surface area contributed by atoms with Crippen LogP contribution in [0.4, 0.5) is 0 Å². The van der Waals surface area contributed by atoms with Crippen molar-refractivity contribution in [3.05, 3.63) is 131 Å². The van der Waals surface area contributed by atoms with E-state index >= 15 is 0 Å². The number of aromatic nitrogens is 2. The molecule has 0 amide bonds. The zero-order valence-corrected chi connectivity index (χ0v) is 42.3. The van der Waals surface area contributed by atoms with Crippen LogP contribution in [0.1, 0.15) is 132 Å². The Kier molecular flexibility index (Phi) is 10.1. The van der Waals surface area contributed by atoms with Crippen LogP contribution in [0.3, 0.4) is 0 Å². The monoisotopic (exact) mass is 837 g/mol. The van der Waals surface area contributed by atoms with Crippen molar-refractivity contribution >= 4 is 56.9 Å². The zero-order chi connectivity index (χ0) is 45.3. The Bertz CT molecular complexity index is 2960. The van der Waals surface area contributed by atoms with Gasteiger partial charge in [0.15, 0.2) is 0 Å². The van der Waals surface area contributed by atoms with Crippen LogP contribution in [-0.4, -0.2) is 17.6 Å². The van der Waals surface area contributed by atoms with Gasteiger partial charge in [-0.05, 0) is 137 Å². The summed E-state index contributed by atoms with van der Waals surface area (Å²) in [6, 6.07) is 41.1. The highest BCUT2D eigenvalue weighted by molar-refractivity contribution is 6.90. The number of aromatic amines is 1. The van der Waals surface area contributed by atoms with Crippen LogP contribution in [0.25, 0.3) is 71.6 Å². The molecule has 0 aliphatic heterocycles. The predicted molar refractivity (Wildman–Crippen MR) is 277 cm³/mol. The maximum atomic E-state index is 4.03. The summed E-state index contributed by atoms with van der Waals surface area (Å²) in [5.74, 6) is 0. The van der Waals surface area contributed by atoms with E-state index in [2.05, 4.69) is 236 Å². The molecule has 0 radical (unpaired) electrons. The minimum absolute atomic E-state index is 0.0245. The van der Waals surface area contributed by atoms with Gasteiger partial charge >= 0.3 is 0 Å². The molecule has 0 saturated heterocycles. The van der Waals surface area contributed by atoms with Crippen LogP contribution < -0.4 is 5.19 Å². The van der Waals surface area contributed by atoms with Crippen LogP contribution in [0, 0.1) is 0 Å². The zero-order valence-electron chi connectivity index (χ0n) is 41.3. The number of H-pyrrole nitrogens is 1. The summed E-state index contributed by atoms with van der Waals surface area (Å²) < 4.78 is 2.64. The first-order valence-corrected chi connectivity index (χ1v) is 26.5. The largest absolute Gasteiger partial charge is 0.354 e. The van der Waals surface area contributed by atoms with E-state index in [1.165, 1.54) is 105 Å². The summed E-state index contributed by atoms with van der Waals surface area (Å²) in [5, 5.41) is 6.73. The Hall–Kier alpha value is -4.86. The van der Waals surface area contributed by atoms with Gasteiger partial charge in [0, 0.05) is 38.3 Å². The molecular formula is C59H72N2Si. The molecule has 8 rings (SSSR count). The molecule has 0 aliphatic carbocycles. The van der Waals surface area contributed by atoms with Gasteiger partial charge in [-0.1, -0.05) is 166 Å². The third kappa shape index (κ3) is 7.78. The minimum Gasteiger partial charge on any atom is -0.354 e. The van der Waals surface area contributed by atoms with Crippen LogP contribution in [0.2, 0.25) is 19.6 Å². The number of hydrogen-bond acceptors (Lipinski definition) is 0. The molecular weight excluding hydrogens is 765 g/mol. The summed E-state index contributed by atoms with van der Waals surface area (Å²) in [6.07, 6.45) is 0. The molecule has 0 atom stereocenters. The van der Waals surface area contributed by atoms with E-state index in [9.17, 15) is 0 Å². The molecule has 0 aliphatic rings. The first-order chi connectivity index (χ1) is 28.5. The van der Waals surface area contributed by atoms with Gasteiger partial charge in [0.1, 0.15) is 0 Å². The smallest absolute Gasteiger partial charge is 0.0811 e. The number of hydrogen-bond donors (Lipinski definition) is 1. The maximum Gasteiger partial charge on any atom is 0.0811 e. The second kappa shape index (κ2) is 14.3. The standard InChI is InChI=1S/C59H72N2Si/c1-55(2,3)38-21-19-36(20-22-38)37-29-48(47-35-42(59(13,14)15)34-46-43-31-39(56(4,5)6)23-26-49(43)60-53(46)47)54(62(16,17)18)52(30-37)61-50-27-24-40(57(7,8)9)32-44(50)45-33-41(58(10,11)12)25-28-51(45)61/h19-35,60H,1-18H3. The lowest BCUT2D eigenvalue weighted by Crippen LogP contribution is -2.42. The van der Waals surface area contributed by atoms with Gasteiger partial charge in [-0.15, -0.1) is 0 Å². The van der Waals surface area contributed by atoms with Gasteiger partial charge in [0.2, 0.25) is 0 Å². The average Bonchev–Trinajstić information content (AvgIpc) is 3.69. The van der Waals surface area contributed by atoms with E-state index in [1.807, 2.05) is 0 Å². The number of nitrogens with zero attached hydrogens (tertiary/aromatic N) is 1. The van der Waals surface area contributed by atoms with Gasteiger partial charge in [-0.2, -0.15) is 0 Å². The Balaban J connectivity index is 1.57.